The molecule has 162 valence electrons. The highest BCUT2D eigenvalue weighted by Crippen LogP contribution is 2.29. The van der Waals surface area contributed by atoms with Gasteiger partial charge in [-0.2, -0.15) is 8.78 Å². The van der Waals surface area contributed by atoms with E-state index in [9.17, 15) is 27.2 Å². The molecule has 0 saturated heterocycles. The Morgan fingerprint density at radius 2 is 1.73 bits per heavy atom. The van der Waals surface area contributed by atoms with Crippen molar-refractivity contribution in [3.05, 3.63) is 59.2 Å². The minimum absolute atomic E-state index is 0.0581. The van der Waals surface area contributed by atoms with E-state index in [1.165, 1.54) is 25.3 Å². The summed E-state index contributed by atoms with van der Waals surface area (Å²) in [4.78, 5) is 24.2. The molecule has 0 heterocycles. The summed E-state index contributed by atoms with van der Waals surface area (Å²) in [6.45, 7) is -1.89. The van der Waals surface area contributed by atoms with Crippen LogP contribution in [0.15, 0.2) is 36.4 Å². The molecule has 30 heavy (non-hydrogen) atoms. The Labute approximate surface area is 170 Å². The summed E-state index contributed by atoms with van der Waals surface area (Å²) in [6, 6.07) is 6.47. The van der Waals surface area contributed by atoms with Gasteiger partial charge in [-0.05, 0) is 43.7 Å². The minimum atomic E-state index is -3.05. The number of carbonyl (C=O) groups is 2. The SMILES string of the molecule is COc1cc(C(=O)NCC(=O)NC(C)Cc2c(F)cccc2F)ccc1OC(F)F. The zero-order chi connectivity index (χ0) is 22.3. The van der Waals surface area contributed by atoms with Crippen molar-refractivity contribution in [2.75, 3.05) is 13.7 Å². The molecular formula is C20H20F4N2O4. The molecule has 0 bridgehead atoms. The minimum Gasteiger partial charge on any atom is -0.493 e. The number of amides is 2. The predicted octanol–water partition coefficient (Wildman–Crippen LogP) is 3.05. The normalized spacial score (nSPS) is 11.7. The second-order valence-corrected chi connectivity index (χ2v) is 6.30. The second-order valence-electron chi connectivity index (χ2n) is 6.30. The van der Waals surface area contributed by atoms with E-state index in [0.717, 1.165) is 18.2 Å². The zero-order valence-corrected chi connectivity index (χ0v) is 16.2. The van der Waals surface area contributed by atoms with Crippen molar-refractivity contribution in [1.82, 2.24) is 10.6 Å². The van der Waals surface area contributed by atoms with Gasteiger partial charge in [-0.1, -0.05) is 6.07 Å². The smallest absolute Gasteiger partial charge is 0.387 e. The molecule has 2 rings (SSSR count). The van der Waals surface area contributed by atoms with Crippen LogP contribution in [-0.4, -0.2) is 38.1 Å². The summed E-state index contributed by atoms with van der Waals surface area (Å²) >= 11 is 0. The van der Waals surface area contributed by atoms with E-state index in [2.05, 4.69) is 15.4 Å². The summed E-state index contributed by atoms with van der Waals surface area (Å²) in [5, 5.41) is 4.89. The highest BCUT2D eigenvalue weighted by atomic mass is 19.3. The van der Waals surface area contributed by atoms with E-state index in [4.69, 9.17) is 4.74 Å². The lowest BCUT2D eigenvalue weighted by molar-refractivity contribution is -0.120. The van der Waals surface area contributed by atoms with Crippen LogP contribution >= 0.6 is 0 Å². The molecule has 0 aliphatic carbocycles. The first-order valence-corrected chi connectivity index (χ1v) is 8.84. The number of carbonyl (C=O) groups excluding carboxylic acids is 2. The number of rotatable bonds is 9. The lowest BCUT2D eigenvalue weighted by atomic mass is 10.1. The van der Waals surface area contributed by atoms with Crippen LogP contribution in [-0.2, 0) is 11.2 Å². The highest BCUT2D eigenvalue weighted by Gasteiger charge is 2.17. The van der Waals surface area contributed by atoms with Crippen molar-refractivity contribution in [3.63, 3.8) is 0 Å². The van der Waals surface area contributed by atoms with E-state index < -0.39 is 42.6 Å². The molecule has 0 spiro atoms. The van der Waals surface area contributed by atoms with Crippen LogP contribution in [0, 0.1) is 11.6 Å². The predicted molar refractivity (Wildman–Crippen MR) is 99.6 cm³/mol. The topological polar surface area (TPSA) is 76.7 Å². The maximum absolute atomic E-state index is 13.7. The first-order chi connectivity index (χ1) is 14.2. The Morgan fingerprint density at radius 3 is 2.33 bits per heavy atom. The van der Waals surface area contributed by atoms with Crippen molar-refractivity contribution in [2.24, 2.45) is 0 Å². The summed E-state index contributed by atoms with van der Waals surface area (Å²) < 4.78 is 61.2. The summed E-state index contributed by atoms with van der Waals surface area (Å²) in [5.41, 5.74) is -0.0877. The van der Waals surface area contributed by atoms with Gasteiger partial charge < -0.3 is 20.1 Å². The number of hydrogen-bond acceptors (Lipinski definition) is 4. The summed E-state index contributed by atoms with van der Waals surface area (Å²) in [5.74, 6) is -2.96. The molecule has 0 fully saturated rings. The molecule has 2 aromatic carbocycles. The highest BCUT2D eigenvalue weighted by molar-refractivity contribution is 5.97. The van der Waals surface area contributed by atoms with Gasteiger partial charge in [0.15, 0.2) is 11.5 Å². The van der Waals surface area contributed by atoms with Crippen molar-refractivity contribution in [3.8, 4) is 11.5 Å². The third kappa shape index (κ3) is 6.36. The number of nitrogens with one attached hydrogen (secondary N) is 2. The summed E-state index contributed by atoms with van der Waals surface area (Å²) in [6.07, 6.45) is -0.0685. The van der Waals surface area contributed by atoms with Gasteiger partial charge in [-0.15, -0.1) is 0 Å². The van der Waals surface area contributed by atoms with Crippen molar-refractivity contribution < 1.29 is 36.6 Å². The maximum atomic E-state index is 13.7. The Hall–Kier alpha value is -3.30. The molecular weight excluding hydrogens is 408 g/mol. The van der Waals surface area contributed by atoms with Crippen molar-refractivity contribution in [1.29, 1.82) is 0 Å². The first-order valence-electron chi connectivity index (χ1n) is 8.84. The quantitative estimate of drug-likeness (QED) is 0.602. The average Bonchev–Trinajstić information content (AvgIpc) is 2.69. The average molecular weight is 428 g/mol. The van der Waals surface area contributed by atoms with Gasteiger partial charge in [0.05, 0.1) is 13.7 Å². The third-order valence-corrected chi connectivity index (χ3v) is 4.03. The first kappa shape index (κ1) is 23.0. The van der Waals surface area contributed by atoms with Gasteiger partial charge in [-0.25, -0.2) is 8.78 Å². The van der Waals surface area contributed by atoms with Crippen LogP contribution < -0.4 is 20.1 Å². The van der Waals surface area contributed by atoms with Gasteiger partial charge in [0, 0.05) is 17.2 Å². The van der Waals surface area contributed by atoms with Crippen LogP contribution in [0.3, 0.4) is 0 Å². The Kier molecular flexibility index (Phi) is 8.02. The van der Waals surface area contributed by atoms with Crippen LogP contribution in [0.1, 0.15) is 22.8 Å². The molecule has 2 N–H and O–H groups in total. The molecule has 0 saturated carbocycles. The molecule has 2 aromatic rings. The second kappa shape index (κ2) is 10.5. The number of ether oxygens (including phenoxy) is 2. The number of methoxy groups -OCH3 is 1. The largest absolute Gasteiger partial charge is 0.493 e. The standard InChI is InChI=1S/C20H20F4N2O4/c1-11(8-13-14(21)4-3-5-15(13)22)26-18(27)10-25-19(28)12-6-7-16(30-20(23)24)17(9-12)29-2/h3-7,9,11,20H,8,10H2,1-2H3,(H,25,28)(H,26,27). The van der Waals surface area contributed by atoms with Crippen LogP contribution in [0.4, 0.5) is 17.6 Å². The fourth-order valence-corrected chi connectivity index (χ4v) is 2.68. The third-order valence-electron chi connectivity index (χ3n) is 4.03. The fraction of sp³-hybridized carbons (Fsp3) is 0.300. The molecule has 0 radical (unpaired) electrons. The molecule has 0 aliphatic rings. The Bertz CT molecular complexity index is 888. The number of halogens is 4. The van der Waals surface area contributed by atoms with Gasteiger partial charge in [0.2, 0.25) is 5.91 Å². The maximum Gasteiger partial charge on any atom is 0.387 e. The monoisotopic (exact) mass is 428 g/mol. The molecule has 1 atom stereocenters. The van der Waals surface area contributed by atoms with E-state index >= 15 is 0 Å². The van der Waals surface area contributed by atoms with Crippen LogP contribution in [0.25, 0.3) is 0 Å². The molecule has 6 nitrogen and oxygen atoms in total. The number of hydrogen-bond donors (Lipinski definition) is 2. The van der Waals surface area contributed by atoms with E-state index in [1.807, 2.05) is 0 Å². The molecule has 2 amide bonds. The zero-order valence-electron chi connectivity index (χ0n) is 16.2. The summed E-state index contributed by atoms with van der Waals surface area (Å²) in [7, 11) is 1.22. The molecule has 10 heteroatoms. The van der Waals surface area contributed by atoms with Gasteiger partial charge >= 0.3 is 6.61 Å². The molecule has 0 aliphatic heterocycles. The number of alkyl halides is 2. The molecule has 0 aromatic heterocycles. The van der Waals surface area contributed by atoms with E-state index in [1.54, 1.807) is 6.92 Å². The van der Waals surface area contributed by atoms with E-state index in [0.29, 0.717) is 0 Å². The van der Waals surface area contributed by atoms with Crippen LogP contribution in [0.5, 0.6) is 11.5 Å². The van der Waals surface area contributed by atoms with Crippen LogP contribution in [0.2, 0.25) is 0 Å². The van der Waals surface area contributed by atoms with Gasteiger partial charge in [-0.3, -0.25) is 9.59 Å². The van der Waals surface area contributed by atoms with Crippen molar-refractivity contribution >= 4 is 11.8 Å². The van der Waals surface area contributed by atoms with E-state index in [-0.39, 0.29) is 29.0 Å². The van der Waals surface area contributed by atoms with Gasteiger partial charge in [0.25, 0.3) is 5.91 Å². The molecule has 1 unspecified atom stereocenters. The Balaban J connectivity index is 1.90. The lowest BCUT2D eigenvalue weighted by Gasteiger charge is -2.15. The number of benzene rings is 2. The lowest BCUT2D eigenvalue weighted by Crippen LogP contribution is -2.41. The fourth-order valence-electron chi connectivity index (χ4n) is 2.68. The Morgan fingerprint density at radius 1 is 1.07 bits per heavy atom. The van der Waals surface area contributed by atoms with Crippen molar-refractivity contribution in [2.45, 2.75) is 26.0 Å². The van der Waals surface area contributed by atoms with Gasteiger partial charge in [0.1, 0.15) is 11.6 Å².